The Morgan fingerprint density at radius 2 is 2.00 bits per heavy atom. The standard InChI is InChI=1S/C15H24N4OS/c1-4-8-16-14-17-12(11-7-9-21-13(11)18-14)19-15(5-2,6-3)10-20/h7,9,20H,4-6,8,10H2,1-3H3,(H2,16,17,18,19). The molecule has 0 amide bonds. The summed E-state index contributed by atoms with van der Waals surface area (Å²) in [5.74, 6) is 1.45. The maximum atomic E-state index is 9.75. The second-order valence-corrected chi connectivity index (χ2v) is 6.13. The summed E-state index contributed by atoms with van der Waals surface area (Å²) in [4.78, 5) is 10.1. The van der Waals surface area contributed by atoms with E-state index in [2.05, 4.69) is 41.4 Å². The van der Waals surface area contributed by atoms with Gasteiger partial charge in [-0.1, -0.05) is 20.8 Å². The van der Waals surface area contributed by atoms with Gasteiger partial charge in [-0.3, -0.25) is 0 Å². The zero-order valence-corrected chi connectivity index (χ0v) is 13.8. The van der Waals surface area contributed by atoms with Crippen molar-refractivity contribution in [3.8, 4) is 0 Å². The van der Waals surface area contributed by atoms with Crippen LogP contribution in [-0.4, -0.2) is 33.8 Å². The van der Waals surface area contributed by atoms with E-state index >= 15 is 0 Å². The van der Waals surface area contributed by atoms with Crippen LogP contribution < -0.4 is 10.6 Å². The van der Waals surface area contributed by atoms with Gasteiger partial charge in [0.05, 0.1) is 17.5 Å². The van der Waals surface area contributed by atoms with E-state index in [0.717, 1.165) is 41.8 Å². The number of aliphatic hydroxyl groups is 1. The maximum absolute atomic E-state index is 9.75. The van der Waals surface area contributed by atoms with Gasteiger partial charge in [-0.05, 0) is 30.7 Å². The molecule has 0 spiro atoms. The third kappa shape index (κ3) is 3.44. The molecule has 0 atom stereocenters. The zero-order valence-electron chi connectivity index (χ0n) is 12.9. The first-order valence-electron chi connectivity index (χ1n) is 7.56. The number of nitrogens with zero attached hydrogens (tertiary/aromatic N) is 2. The number of aromatic nitrogens is 2. The highest BCUT2D eigenvalue weighted by Crippen LogP contribution is 2.30. The van der Waals surface area contributed by atoms with E-state index in [9.17, 15) is 5.11 Å². The average molecular weight is 308 g/mol. The van der Waals surface area contributed by atoms with Crippen molar-refractivity contribution >= 4 is 33.3 Å². The summed E-state index contributed by atoms with van der Waals surface area (Å²) in [6.45, 7) is 7.21. The summed E-state index contributed by atoms with van der Waals surface area (Å²) in [5.41, 5.74) is -0.328. The number of aliphatic hydroxyl groups excluding tert-OH is 1. The van der Waals surface area contributed by atoms with Crippen molar-refractivity contribution in [2.24, 2.45) is 0 Å². The SMILES string of the molecule is CCCNc1nc(NC(CC)(CC)CO)c2ccsc2n1. The highest BCUT2D eigenvalue weighted by Gasteiger charge is 2.26. The van der Waals surface area contributed by atoms with Crippen LogP contribution in [0.25, 0.3) is 10.2 Å². The molecule has 3 N–H and O–H groups in total. The monoisotopic (exact) mass is 308 g/mol. The molecule has 116 valence electrons. The van der Waals surface area contributed by atoms with Crippen molar-refractivity contribution in [3.05, 3.63) is 11.4 Å². The number of hydrogen-bond acceptors (Lipinski definition) is 6. The number of hydrogen-bond donors (Lipinski definition) is 3. The number of rotatable bonds is 8. The topological polar surface area (TPSA) is 70.1 Å². The van der Waals surface area contributed by atoms with Crippen molar-refractivity contribution in [3.63, 3.8) is 0 Å². The molecule has 0 aliphatic rings. The number of anilines is 2. The highest BCUT2D eigenvalue weighted by molar-refractivity contribution is 7.16. The van der Waals surface area contributed by atoms with Gasteiger partial charge in [0.25, 0.3) is 0 Å². The van der Waals surface area contributed by atoms with Crippen molar-refractivity contribution in [1.82, 2.24) is 9.97 Å². The fraction of sp³-hybridized carbons (Fsp3) is 0.600. The Kier molecular flexibility index (Phi) is 5.36. The minimum atomic E-state index is -0.328. The van der Waals surface area contributed by atoms with Gasteiger partial charge >= 0.3 is 0 Å². The molecular weight excluding hydrogens is 284 g/mol. The van der Waals surface area contributed by atoms with Crippen LogP contribution in [-0.2, 0) is 0 Å². The van der Waals surface area contributed by atoms with Crippen LogP contribution in [0.15, 0.2) is 11.4 Å². The lowest BCUT2D eigenvalue weighted by Gasteiger charge is -2.31. The van der Waals surface area contributed by atoms with Gasteiger partial charge in [-0.25, -0.2) is 4.98 Å². The van der Waals surface area contributed by atoms with E-state index in [1.807, 2.05) is 11.4 Å². The van der Waals surface area contributed by atoms with Crippen LogP contribution in [0.4, 0.5) is 11.8 Å². The Balaban J connectivity index is 2.38. The van der Waals surface area contributed by atoms with Gasteiger partial charge in [-0.15, -0.1) is 11.3 Å². The van der Waals surface area contributed by atoms with E-state index in [4.69, 9.17) is 0 Å². The smallest absolute Gasteiger partial charge is 0.226 e. The van der Waals surface area contributed by atoms with Crippen LogP contribution in [0, 0.1) is 0 Å². The fourth-order valence-corrected chi connectivity index (χ4v) is 2.97. The summed E-state index contributed by atoms with van der Waals surface area (Å²) >= 11 is 1.60. The molecule has 2 rings (SSSR count). The first kappa shape index (κ1) is 16.0. The van der Waals surface area contributed by atoms with Crippen LogP contribution >= 0.6 is 11.3 Å². The minimum absolute atomic E-state index is 0.0906. The number of nitrogens with one attached hydrogen (secondary N) is 2. The molecule has 0 aliphatic carbocycles. The van der Waals surface area contributed by atoms with E-state index < -0.39 is 0 Å². The molecule has 2 aromatic rings. The largest absolute Gasteiger partial charge is 0.394 e. The van der Waals surface area contributed by atoms with E-state index in [1.54, 1.807) is 11.3 Å². The molecule has 0 bridgehead atoms. The average Bonchev–Trinajstić information content (AvgIpc) is 2.99. The summed E-state index contributed by atoms with van der Waals surface area (Å²) in [7, 11) is 0. The van der Waals surface area contributed by atoms with E-state index in [0.29, 0.717) is 5.95 Å². The predicted molar refractivity (Wildman–Crippen MR) is 90.2 cm³/mol. The summed E-state index contributed by atoms with van der Waals surface area (Å²) < 4.78 is 0. The molecule has 0 saturated carbocycles. The molecule has 2 aromatic heterocycles. The minimum Gasteiger partial charge on any atom is -0.394 e. The lowest BCUT2D eigenvalue weighted by molar-refractivity contribution is 0.202. The van der Waals surface area contributed by atoms with Crippen molar-refractivity contribution in [2.45, 2.75) is 45.6 Å². The summed E-state index contributed by atoms with van der Waals surface area (Å²) in [6, 6.07) is 2.03. The van der Waals surface area contributed by atoms with Crippen molar-refractivity contribution in [1.29, 1.82) is 0 Å². The molecule has 21 heavy (non-hydrogen) atoms. The summed E-state index contributed by atoms with van der Waals surface area (Å²) in [6.07, 6.45) is 2.71. The lowest BCUT2D eigenvalue weighted by atomic mass is 9.94. The van der Waals surface area contributed by atoms with Gasteiger partial charge in [0, 0.05) is 6.54 Å². The highest BCUT2D eigenvalue weighted by atomic mass is 32.1. The van der Waals surface area contributed by atoms with Gasteiger partial charge in [0.1, 0.15) is 10.6 Å². The Morgan fingerprint density at radius 3 is 2.62 bits per heavy atom. The van der Waals surface area contributed by atoms with E-state index in [-0.39, 0.29) is 12.1 Å². The van der Waals surface area contributed by atoms with Crippen LogP contribution in [0.5, 0.6) is 0 Å². The molecule has 0 radical (unpaired) electrons. The van der Waals surface area contributed by atoms with Crippen LogP contribution in [0.1, 0.15) is 40.0 Å². The molecule has 5 nitrogen and oxygen atoms in total. The Labute approximate surface area is 129 Å². The van der Waals surface area contributed by atoms with Crippen LogP contribution in [0.2, 0.25) is 0 Å². The molecule has 0 unspecified atom stereocenters. The molecule has 0 saturated heterocycles. The quantitative estimate of drug-likeness (QED) is 0.696. The number of fused-ring (bicyclic) bond motifs is 1. The third-order valence-corrected chi connectivity index (χ3v) is 4.70. The normalized spacial score (nSPS) is 11.8. The summed E-state index contributed by atoms with van der Waals surface area (Å²) in [5, 5.41) is 19.5. The Bertz CT molecular complexity index is 572. The molecule has 0 aromatic carbocycles. The van der Waals surface area contributed by atoms with Crippen molar-refractivity contribution in [2.75, 3.05) is 23.8 Å². The Hall–Kier alpha value is -1.40. The van der Waals surface area contributed by atoms with Gasteiger partial charge in [0.15, 0.2) is 0 Å². The molecule has 0 fully saturated rings. The Morgan fingerprint density at radius 1 is 1.24 bits per heavy atom. The van der Waals surface area contributed by atoms with Gasteiger partial charge in [-0.2, -0.15) is 4.98 Å². The first-order valence-corrected chi connectivity index (χ1v) is 8.44. The molecule has 0 aliphatic heterocycles. The predicted octanol–water partition coefficient (Wildman–Crippen LogP) is 3.48. The van der Waals surface area contributed by atoms with Crippen molar-refractivity contribution < 1.29 is 5.11 Å². The van der Waals surface area contributed by atoms with Gasteiger partial charge < -0.3 is 15.7 Å². The second-order valence-electron chi connectivity index (χ2n) is 5.23. The van der Waals surface area contributed by atoms with Gasteiger partial charge in [0.2, 0.25) is 5.95 Å². The van der Waals surface area contributed by atoms with Crippen LogP contribution in [0.3, 0.4) is 0 Å². The first-order chi connectivity index (χ1) is 10.2. The zero-order chi connectivity index (χ0) is 15.3. The third-order valence-electron chi connectivity index (χ3n) is 3.90. The number of thiophene rings is 1. The molecule has 2 heterocycles. The second kappa shape index (κ2) is 7.04. The lowest BCUT2D eigenvalue weighted by Crippen LogP contribution is -2.41. The van der Waals surface area contributed by atoms with E-state index in [1.165, 1.54) is 0 Å². The molecular formula is C15H24N4OS. The molecule has 6 heteroatoms. The fourth-order valence-electron chi connectivity index (χ4n) is 2.21. The maximum Gasteiger partial charge on any atom is 0.226 e.